The summed E-state index contributed by atoms with van der Waals surface area (Å²) in [7, 11) is 6.12. The number of aromatic nitrogens is 6. The van der Waals surface area contributed by atoms with Crippen LogP contribution in [0.3, 0.4) is 0 Å². The molecule has 6 aromatic rings. The van der Waals surface area contributed by atoms with E-state index >= 15 is 0 Å². The van der Waals surface area contributed by atoms with Crippen molar-refractivity contribution in [1.29, 1.82) is 0 Å². The maximum Gasteiger partial charge on any atom is 0.256 e. The van der Waals surface area contributed by atoms with Crippen molar-refractivity contribution in [2.75, 3.05) is 27.2 Å². The number of aromatic amines is 1. The molecule has 4 aromatic heterocycles. The topological polar surface area (TPSA) is 79.9 Å². The zero-order valence-electron chi connectivity index (χ0n) is 30.1. The van der Waals surface area contributed by atoms with Gasteiger partial charge in [-0.05, 0) is 94.3 Å². The number of hydrogen-bond donors (Lipinski definition) is 1. The fourth-order valence-corrected chi connectivity index (χ4v) is 8.87. The predicted octanol–water partition coefficient (Wildman–Crippen LogP) is 7.19. The number of halogens is 1. The van der Waals surface area contributed by atoms with E-state index in [1.807, 2.05) is 35.8 Å². The standard InChI is InChI=1S/C40H45ClN8OS/c1-25-6-10-31-29(22-25)36-33(14-18-45(3)38(36)50)48(31)20-13-26-7-9-28(42-24-26)12-17-40(2)37-30-23-27(41)8-11-32(30)49(34(37)15-19-46(40)4)21-16-35-43-44-39(51)47(35)5/h6-11,22-24H,12-21H2,1-5H3,(H,44,51). The van der Waals surface area contributed by atoms with Crippen LogP contribution in [0, 0.1) is 11.7 Å². The summed E-state index contributed by atoms with van der Waals surface area (Å²) in [5.41, 5.74) is 10.5. The van der Waals surface area contributed by atoms with Gasteiger partial charge in [0.25, 0.3) is 5.91 Å². The van der Waals surface area contributed by atoms with Crippen molar-refractivity contribution in [1.82, 2.24) is 38.7 Å². The third-order valence-corrected chi connectivity index (χ3v) is 12.3. The van der Waals surface area contributed by atoms with E-state index in [-0.39, 0.29) is 11.4 Å². The van der Waals surface area contributed by atoms with Crippen molar-refractivity contribution in [3.8, 4) is 0 Å². The molecule has 51 heavy (non-hydrogen) atoms. The van der Waals surface area contributed by atoms with Crippen LogP contribution >= 0.6 is 23.8 Å². The average molecular weight is 721 g/mol. The van der Waals surface area contributed by atoms with E-state index in [9.17, 15) is 4.79 Å². The summed E-state index contributed by atoms with van der Waals surface area (Å²) in [4.78, 5) is 22.5. The molecule has 0 fully saturated rings. The van der Waals surface area contributed by atoms with Gasteiger partial charge >= 0.3 is 0 Å². The number of likely N-dealkylation sites (N-methyl/N-ethyl adjacent to an activating group) is 2. The number of nitrogens with one attached hydrogen (secondary N) is 1. The van der Waals surface area contributed by atoms with E-state index in [0.717, 1.165) is 103 Å². The minimum atomic E-state index is -0.189. The average Bonchev–Trinajstić information content (AvgIpc) is 3.73. The molecule has 0 aliphatic carbocycles. The van der Waals surface area contributed by atoms with Gasteiger partial charge < -0.3 is 18.6 Å². The Kier molecular flexibility index (Phi) is 8.67. The Bertz CT molecular complexity index is 2370. The van der Waals surface area contributed by atoms with Crippen molar-refractivity contribution < 1.29 is 4.79 Å². The molecule has 2 aliphatic rings. The molecule has 2 aromatic carbocycles. The quantitative estimate of drug-likeness (QED) is 0.160. The van der Waals surface area contributed by atoms with Crippen LogP contribution in [-0.4, -0.2) is 71.8 Å². The van der Waals surface area contributed by atoms with Gasteiger partial charge in [-0.3, -0.25) is 19.8 Å². The summed E-state index contributed by atoms with van der Waals surface area (Å²) in [6.07, 6.45) is 7.34. The lowest BCUT2D eigenvalue weighted by atomic mass is 9.80. The number of carbonyl (C=O) groups is 1. The molecule has 2 aliphatic heterocycles. The molecule has 0 saturated heterocycles. The Hall–Kier alpha value is -4.25. The summed E-state index contributed by atoms with van der Waals surface area (Å²) < 4.78 is 7.45. The van der Waals surface area contributed by atoms with Crippen molar-refractivity contribution in [2.45, 2.75) is 71.0 Å². The highest BCUT2D eigenvalue weighted by atomic mass is 35.5. The summed E-state index contributed by atoms with van der Waals surface area (Å²) in [6, 6.07) is 17.2. The molecule has 6 heterocycles. The molecular weight excluding hydrogens is 676 g/mol. The molecule has 0 bridgehead atoms. The molecule has 1 unspecified atom stereocenters. The van der Waals surface area contributed by atoms with Crippen molar-refractivity contribution >= 4 is 51.5 Å². The molecule has 0 saturated carbocycles. The first-order chi connectivity index (χ1) is 24.5. The lowest BCUT2D eigenvalue weighted by Crippen LogP contribution is -2.46. The van der Waals surface area contributed by atoms with Crippen LogP contribution in [0.2, 0.25) is 5.02 Å². The monoisotopic (exact) mass is 720 g/mol. The maximum absolute atomic E-state index is 13.2. The number of benzene rings is 2. The third-order valence-electron chi connectivity index (χ3n) is 11.7. The zero-order valence-corrected chi connectivity index (χ0v) is 31.7. The van der Waals surface area contributed by atoms with Crippen LogP contribution in [-0.2, 0) is 57.8 Å². The van der Waals surface area contributed by atoms with Gasteiger partial charge in [-0.15, -0.1) is 0 Å². The zero-order chi connectivity index (χ0) is 35.6. The van der Waals surface area contributed by atoms with E-state index < -0.39 is 0 Å². The fourth-order valence-electron chi connectivity index (χ4n) is 8.54. The lowest BCUT2D eigenvalue weighted by Gasteiger charge is -2.44. The first kappa shape index (κ1) is 33.9. The number of aryl methyl sites for hydroxylation is 6. The normalized spacial score (nSPS) is 17.8. The van der Waals surface area contributed by atoms with Gasteiger partial charge in [-0.25, -0.2) is 0 Å². The number of fused-ring (bicyclic) bond motifs is 6. The van der Waals surface area contributed by atoms with E-state index in [2.05, 4.69) is 87.6 Å². The van der Waals surface area contributed by atoms with E-state index in [1.165, 1.54) is 33.3 Å². The van der Waals surface area contributed by atoms with Crippen LogP contribution in [0.15, 0.2) is 54.7 Å². The van der Waals surface area contributed by atoms with Gasteiger partial charge in [0.2, 0.25) is 0 Å². The van der Waals surface area contributed by atoms with Gasteiger partial charge in [0.15, 0.2) is 4.77 Å². The van der Waals surface area contributed by atoms with Gasteiger partial charge in [0.05, 0.1) is 5.56 Å². The summed E-state index contributed by atoms with van der Waals surface area (Å²) >= 11 is 12.0. The Morgan fingerprint density at radius 3 is 2.41 bits per heavy atom. The van der Waals surface area contributed by atoms with Crippen LogP contribution < -0.4 is 0 Å². The summed E-state index contributed by atoms with van der Waals surface area (Å²) in [5, 5.41) is 10.5. The largest absolute Gasteiger partial charge is 0.344 e. The molecule has 264 valence electrons. The molecule has 11 heteroatoms. The molecule has 0 spiro atoms. The number of H-pyrrole nitrogens is 1. The lowest BCUT2D eigenvalue weighted by molar-refractivity contribution is 0.0781. The highest BCUT2D eigenvalue weighted by Crippen LogP contribution is 2.44. The maximum atomic E-state index is 13.2. The number of carbonyl (C=O) groups excluding carboxylic acids is 1. The molecule has 0 radical (unpaired) electrons. The van der Waals surface area contributed by atoms with Crippen molar-refractivity contribution in [3.63, 3.8) is 0 Å². The van der Waals surface area contributed by atoms with Crippen LogP contribution in [0.25, 0.3) is 21.8 Å². The smallest absolute Gasteiger partial charge is 0.256 e. The molecule has 1 atom stereocenters. The Labute approximate surface area is 308 Å². The number of amides is 1. The first-order valence-corrected chi connectivity index (χ1v) is 18.8. The second kappa shape index (κ2) is 13.1. The fraction of sp³-hybridized carbons (Fsp3) is 0.400. The third kappa shape index (κ3) is 5.81. The molecular formula is C40H45ClN8OS. The minimum absolute atomic E-state index is 0.128. The van der Waals surface area contributed by atoms with Gasteiger partial charge in [-0.2, -0.15) is 5.10 Å². The number of pyridine rings is 1. The molecule has 1 amide bonds. The Morgan fingerprint density at radius 1 is 0.902 bits per heavy atom. The predicted molar refractivity (Wildman–Crippen MR) is 206 cm³/mol. The number of hydrogen-bond acceptors (Lipinski definition) is 5. The van der Waals surface area contributed by atoms with E-state index in [4.69, 9.17) is 28.8 Å². The van der Waals surface area contributed by atoms with E-state index in [1.54, 1.807) is 0 Å². The van der Waals surface area contributed by atoms with Crippen molar-refractivity contribution in [2.24, 2.45) is 7.05 Å². The summed E-state index contributed by atoms with van der Waals surface area (Å²) in [5.74, 6) is 1.08. The summed E-state index contributed by atoms with van der Waals surface area (Å²) in [6.45, 7) is 7.84. The Morgan fingerprint density at radius 2 is 1.65 bits per heavy atom. The van der Waals surface area contributed by atoms with Crippen LogP contribution in [0.5, 0.6) is 0 Å². The van der Waals surface area contributed by atoms with Crippen LogP contribution in [0.4, 0.5) is 0 Å². The highest BCUT2D eigenvalue weighted by molar-refractivity contribution is 7.71. The van der Waals surface area contributed by atoms with Gasteiger partial charge in [0, 0.05) is 121 Å². The molecule has 1 N–H and O–H groups in total. The SMILES string of the molecule is Cc1ccc2c(c1)c1c(n2CCc2ccc(CCC3(C)c4c(n(CCc5n[nH]c(=S)n5C)c5ccc(Cl)cc45)CCN3C)nc2)CCN(C)C1=O. The Balaban J connectivity index is 1.02. The second-order valence-electron chi connectivity index (χ2n) is 14.7. The van der Waals surface area contributed by atoms with Gasteiger partial charge in [0.1, 0.15) is 5.82 Å². The first-order valence-electron chi connectivity index (χ1n) is 18.0. The second-order valence-corrected chi connectivity index (χ2v) is 15.5. The number of rotatable bonds is 9. The van der Waals surface area contributed by atoms with Gasteiger partial charge in [-0.1, -0.05) is 29.3 Å². The van der Waals surface area contributed by atoms with Crippen LogP contribution in [0.1, 0.15) is 63.3 Å². The molecule has 9 nitrogen and oxygen atoms in total. The highest BCUT2D eigenvalue weighted by Gasteiger charge is 2.40. The number of nitrogens with zero attached hydrogens (tertiary/aromatic N) is 7. The van der Waals surface area contributed by atoms with E-state index in [0.29, 0.717) is 4.77 Å². The minimum Gasteiger partial charge on any atom is -0.344 e. The van der Waals surface area contributed by atoms with Crippen molar-refractivity contribution in [3.05, 3.63) is 110 Å². The molecule has 8 rings (SSSR count).